The second-order valence-electron chi connectivity index (χ2n) is 7.73. The van der Waals surface area contributed by atoms with Crippen LogP contribution in [0.15, 0.2) is 58.3 Å². The van der Waals surface area contributed by atoms with Crippen molar-refractivity contribution in [3.63, 3.8) is 0 Å². The fourth-order valence-corrected chi connectivity index (χ4v) is 5.98. The summed E-state index contributed by atoms with van der Waals surface area (Å²) in [7, 11) is -0.371. The molecule has 0 aliphatic carbocycles. The van der Waals surface area contributed by atoms with Crippen LogP contribution in [0.1, 0.15) is 24.0 Å². The first-order chi connectivity index (χ1) is 14.0. The van der Waals surface area contributed by atoms with Gasteiger partial charge in [-0.25, -0.2) is 8.42 Å². The number of piperidine rings is 1. The van der Waals surface area contributed by atoms with E-state index in [1.165, 1.54) is 12.7 Å². The third-order valence-corrected chi connectivity index (χ3v) is 7.80. The molecule has 0 aromatic heterocycles. The van der Waals surface area contributed by atoms with Crippen molar-refractivity contribution in [3.05, 3.63) is 64.6 Å². The van der Waals surface area contributed by atoms with E-state index in [1.54, 1.807) is 19.2 Å². The summed E-state index contributed by atoms with van der Waals surface area (Å²) in [6.45, 7) is 2.92. The molecule has 0 bridgehead atoms. The lowest BCUT2D eigenvalue weighted by Crippen LogP contribution is -2.32. The highest BCUT2D eigenvalue weighted by Crippen LogP contribution is 2.41. The minimum atomic E-state index is -3.45. The van der Waals surface area contributed by atoms with Crippen molar-refractivity contribution >= 4 is 9.84 Å². The highest BCUT2D eigenvalue weighted by Gasteiger charge is 2.34. The molecule has 0 radical (unpaired) electrons. The van der Waals surface area contributed by atoms with Crippen molar-refractivity contribution in [3.8, 4) is 11.5 Å². The van der Waals surface area contributed by atoms with E-state index in [0.717, 1.165) is 38.0 Å². The molecule has 1 saturated heterocycles. The molecular weight excluding hydrogens is 386 g/mol. The standard InChI is InChI=1S/C23H27NO4S/c1-27-21-14-19-13-20(29(25,26)23(19)15-22(21)28-2)12-17-8-10-24(11-9-17)16-18-6-4-3-5-7-18/h3-7,12,14-15,17H,8-11,13,16H2,1-2H3/b20-12-. The SMILES string of the molecule is COc1cc2c(cc1OC)S(=O)(=O)/C(=C\C1CCN(Cc3ccccc3)CC1)C2. The van der Waals surface area contributed by atoms with Crippen LogP contribution in [-0.2, 0) is 22.8 Å². The zero-order chi connectivity index (χ0) is 20.4. The molecule has 2 aliphatic rings. The average Bonchev–Trinajstić information content (AvgIpc) is 2.98. The Balaban J connectivity index is 1.47. The predicted molar refractivity (Wildman–Crippen MR) is 113 cm³/mol. The van der Waals surface area contributed by atoms with Gasteiger partial charge in [-0.1, -0.05) is 36.4 Å². The average molecular weight is 414 g/mol. The molecule has 1 fully saturated rings. The maximum Gasteiger partial charge on any atom is 0.203 e. The highest BCUT2D eigenvalue weighted by atomic mass is 32.2. The van der Waals surface area contributed by atoms with Crippen LogP contribution in [-0.4, -0.2) is 40.6 Å². The molecule has 2 aromatic rings. The number of hydrogen-bond donors (Lipinski definition) is 0. The van der Waals surface area contributed by atoms with Gasteiger partial charge in [0.1, 0.15) is 0 Å². The van der Waals surface area contributed by atoms with Gasteiger partial charge >= 0.3 is 0 Å². The Kier molecular flexibility index (Phi) is 5.65. The van der Waals surface area contributed by atoms with Gasteiger partial charge in [-0.3, -0.25) is 4.90 Å². The molecule has 0 atom stereocenters. The van der Waals surface area contributed by atoms with Crippen molar-refractivity contribution in [2.24, 2.45) is 5.92 Å². The number of methoxy groups -OCH3 is 2. The number of allylic oxidation sites excluding steroid dienone is 2. The van der Waals surface area contributed by atoms with E-state index in [2.05, 4.69) is 29.2 Å². The summed E-state index contributed by atoms with van der Waals surface area (Å²) in [5.74, 6) is 1.31. The Morgan fingerprint density at radius 1 is 1.03 bits per heavy atom. The fourth-order valence-electron chi connectivity index (χ4n) is 4.25. The smallest absolute Gasteiger partial charge is 0.203 e. The Hall–Kier alpha value is -2.31. The maximum absolute atomic E-state index is 13.1. The van der Waals surface area contributed by atoms with Crippen LogP contribution in [0.5, 0.6) is 11.5 Å². The van der Waals surface area contributed by atoms with Crippen LogP contribution in [0.25, 0.3) is 0 Å². The van der Waals surface area contributed by atoms with E-state index in [0.29, 0.717) is 33.6 Å². The third-order valence-electron chi connectivity index (χ3n) is 5.87. The molecule has 0 unspecified atom stereocenters. The molecule has 6 heteroatoms. The number of nitrogens with zero attached hydrogens (tertiary/aromatic N) is 1. The third kappa shape index (κ3) is 4.05. The number of benzene rings is 2. The molecule has 2 aliphatic heterocycles. The Labute approximate surface area is 172 Å². The Morgan fingerprint density at radius 3 is 2.34 bits per heavy atom. The van der Waals surface area contributed by atoms with E-state index >= 15 is 0 Å². The molecule has 2 heterocycles. The maximum atomic E-state index is 13.1. The largest absolute Gasteiger partial charge is 0.493 e. The molecule has 0 spiro atoms. The molecule has 29 heavy (non-hydrogen) atoms. The topological polar surface area (TPSA) is 55.8 Å². The van der Waals surface area contributed by atoms with Gasteiger partial charge in [0.2, 0.25) is 9.84 Å². The predicted octanol–water partition coefficient (Wildman–Crippen LogP) is 3.83. The van der Waals surface area contributed by atoms with Crippen molar-refractivity contribution < 1.29 is 17.9 Å². The molecule has 154 valence electrons. The van der Waals surface area contributed by atoms with Crippen LogP contribution < -0.4 is 9.47 Å². The summed E-state index contributed by atoms with van der Waals surface area (Å²) in [5.41, 5.74) is 2.11. The van der Waals surface area contributed by atoms with Gasteiger partial charge in [-0.05, 0) is 49.0 Å². The van der Waals surface area contributed by atoms with Gasteiger partial charge in [-0.15, -0.1) is 0 Å². The lowest BCUT2D eigenvalue weighted by Gasteiger charge is -2.30. The van der Waals surface area contributed by atoms with Gasteiger partial charge in [0.15, 0.2) is 11.5 Å². The van der Waals surface area contributed by atoms with Crippen LogP contribution in [0.3, 0.4) is 0 Å². The summed E-state index contributed by atoms with van der Waals surface area (Å²) in [6.07, 6.45) is 4.39. The highest BCUT2D eigenvalue weighted by molar-refractivity contribution is 7.95. The van der Waals surface area contributed by atoms with Crippen molar-refractivity contribution in [2.45, 2.75) is 30.7 Å². The van der Waals surface area contributed by atoms with E-state index in [-0.39, 0.29) is 0 Å². The van der Waals surface area contributed by atoms with Crippen LogP contribution >= 0.6 is 0 Å². The first kappa shape index (κ1) is 20.0. The van der Waals surface area contributed by atoms with E-state index in [4.69, 9.17) is 9.47 Å². The fraction of sp³-hybridized carbons (Fsp3) is 0.391. The number of likely N-dealkylation sites (tertiary alicyclic amines) is 1. The number of hydrogen-bond acceptors (Lipinski definition) is 5. The first-order valence-corrected chi connectivity index (χ1v) is 11.5. The molecule has 4 rings (SSSR count). The van der Waals surface area contributed by atoms with E-state index in [1.807, 2.05) is 12.1 Å². The second kappa shape index (κ2) is 8.20. The van der Waals surface area contributed by atoms with Gasteiger partial charge < -0.3 is 9.47 Å². The number of rotatable bonds is 5. The lowest BCUT2D eigenvalue weighted by atomic mass is 9.95. The minimum absolute atomic E-state index is 0.296. The zero-order valence-corrected chi connectivity index (χ0v) is 17.7. The summed E-state index contributed by atoms with van der Waals surface area (Å²) in [6, 6.07) is 13.9. The first-order valence-electron chi connectivity index (χ1n) is 9.98. The van der Waals surface area contributed by atoms with Crippen LogP contribution in [0, 0.1) is 5.92 Å². The minimum Gasteiger partial charge on any atom is -0.493 e. The number of fused-ring (bicyclic) bond motifs is 1. The number of sulfone groups is 1. The number of ether oxygens (including phenoxy) is 2. The second-order valence-corrected chi connectivity index (χ2v) is 9.70. The van der Waals surface area contributed by atoms with E-state index in [9.17, 15) is 8.42 Å². The summed E-state index contributed by atoms with van der Waals surface area (Å²) in [4.78, 5) is 3.31. The molecule has 0 saturated carbocycles. The quantitative estimate of drug-likeness (QED) is 0.746. The monoisotopic (exact) mass is 413 g/mol. The summed E-state index contributed by atoms with van der Waals surface area (Å²) >= 11 is 0. The summed E-state index contributed by atoms with van der Waals surface area (Å²) in [5, 5.41) is 0. The molecular formula is C23H27NO4S. The molecule has 0 amide bonds. The molecule has 2 aromatic carbocycles. The van der Waals surface area contributed by atoms with Crippen molar-refractivity contribution in [1.29, 1.82) is 0 Å². The van der Waals surface area contributed by atoms with Gasteiger partial charge in [0.05, 0.1) is 19.1 Å². The van der Waals surface area contributed by atoms with Gasteiger partial charge in [-0.2, -0.15) is 0 Å². The van der Waals surface area contributed by atoms with Crippen LogP contribution in [0.4, 0.5) is 0 Å². The molecule has 0 N–H and O–H groups in total. The Morgan fingerprint density at radius 2 is 1.69 bits per heavy atom. The van der Waals surface area contributed by atoms with Crippen molar-refractivity contribution in [2.75, 3.05) is 27.3 Å². The Bertz CT molecular complexity index is 1010. The zero-order valence-electron chi connectivity index (χ0n) is 16.9. The lowest BCUT2D eigenvalue weighted by molar-refractivity contribution is 0.195. The van der Waals surface area contributed by atoms with Crippen molar-refractivity contribution in [1.82, 2.24) is 4.90 Å². The van der Waals surface area contributed by atoms with E-state index < -0.39 is 9.84 Å². The summed E-state index contributed by atoms with van der Waals surface area (Å²) < 4.78 is 36.7. The normalized spacial score (nSPS) is 20.6. The van der Waals surface area contributed by atoms with Gasteiger partial charge in [0.25, 0.3) is 0 Å². The molecule has 5 nitrogen and oxygen atoms in total. The van der Waals surface area contributed by atoms with Gasteiger partial charge in [0, 0.05) is 23.9 Å². The van der Waals surface area contributed by atoms with Crippen LogP contribution in [0.2, 0.25) is 0 Å².